The molecule has 130 valence electrons. The standard InChI is InChI=1S/C14H27NO5S2/c15-3-8-21-6-2-7-22-9-10-13-11(16)12(17)14(20-10)19-5-1-4-18-13/h10-14,16-17H,1-9,15H2. The van der Waals surface area contributed by atoms with E-state index in [4.69, 9.17) is 19.9 Å². The van der Waals surface area contributed by atoms with Crippen LogP contribution in [0.5, 0.6) is 0 Å². The van der Waals surface area contributed by atoms with Crippen LogP contribution in [0.2, 0.25) is 0 Å². The molecule has 0 amide bonds. The van der Waals surface area contributed by atoms with Crippen molar-refractivity contribution in [3.05, 3.63) is 0 Å². The molecule has 5 atom stereocenters. The molecule has 6 nitrogen and oxygen atoms in total. The van der Waals surface area contributed by atoms with E-state index in [1.54, 1.807) is 11.8 Å². The largest absolute Gasteiger partial charge is 0.387 e. The van der Waals surface area contributed by atoms with Crippen LogP contribution in [0.3, 0.4) is 0 Å². The number of rotatable bonds is 8. The zero-order valence-electron chi connectivity index (χ0n) is 12.8. The molecule has 3 aliphatic rings. The smallest absolute Gasteiger partial charge is 0.186 e. The molecule has 5 unspecified atom stereocenters. The highest BCUT2D eigenvalue weighted by Gasteiger charge is 2.46. The van der Waals surface area contributed by atoms with E-state index in [2.05, 4.69) is 0 Å². The van der Waals surface area contributed by atoms with Gasteiger partial charge in [0.25, 0.3) is 0 Å². The summed E-state index contributed by atoms with van der Waals surface area (Å²) >= 11 is 3.66. The van der Waals surface area contributed by atoms with Gasteiger partial charge >= 0.3 is 0 Å². The Kier molecular flexibility index (Phi) is 8.84. The second-order valence-corrected chi connectivity index (χ2v) is 7.79. The molecule has 4 N–H and O–H groups in total. The number of hydrogen-bond acceptors (Lipinski definition) is 8. The van der Waals surface area contributed by atoms with Crippen molar-refractivity contribution >= 4 is 23.5 Å². The number of ether oxygens (including phenoxy) is 3. The normalized spacial score (nSPS) is 35.9. The summed E-state index contributed by atoms with van der Waals surface area (Å²) in [5.74, 6) is 3.89. The minimum absolute atomic E-state index is 0.247. The lowest BCUT2D eigenvalue weighted by Crippen LogP contribution is -2.59. The lowest BCUT2D eigenvalue weighted by Gasteiger charge is -2.41. The molecule has 8 heteroatoms. The van der Waals surface area contributed by atoms with Gasteiger partial charge in [-0.2, -0.15) is 23.5 Å². The molecule has 0 spiro atoms. The molecule has 2 bridgehead atoms. The van der Waals surface area contributed by atoms with E-state index in [0.717, 1.165) is 42.4 Å². The third-order valence-corrected chi connectivity index (χ3v) is 5.89. The van der Waals surface area contributed by atoms with Crippen molar-refractivity contribution in [3.8, 4) is 0 Å². The van der Waals surface area contributed by atoms with E-state index >= 15 is 0 Å². The molecule has 3 saturated heterocycles. The van der Waals surface area contributed by atoms with Gasteiger partial charge in [0, 0.05) is 24.7 Å². The van der Waals surface area contributed by atoms with Crippen molar-refractivity contribution in [1.29, 1.82) is 0 Å². The molecule has 3 heterocycles. The first kappa shape index (κ1) is 18.8. The van der Waals surface area contributed by atoms with E-state index in [1.807, 2.05) is 11.8 Å². The third kappa shape index (κ3) is 5.52. The van der Waals surface area contributed by atoms with Crippen LogP contribution in [-0.4, -0.2) is 83.7 Å². The summed E-state index contributed by atoms with van der Waals surface area (Å²) in [5.41, 5.74) is 5.45. The maximum atomic E-state index is 10.2. The molecular weight excluding hydrogens is 326 g/mol. The maximum Gasteiger partial charge on any atom is 0.186 e. The van der Waals surface area contributed by atoms with Crippen molar-refractivity contribution < 1.29 is 24.4 Å². The van der Waals surface area contributed by atoms with Gasteiger partial charge in [0.15, 0.2) is 6.29 Å². The predicted octanol–water partition coefficient (Wildman–Crippen LogP) is 0.0538. The van der Waals surface area contributed by atoms with Gasteiger partial charge < -0.3 is 30.2 Å². The number of aliphatic hydroxyl groups is 2. The van der Waals surface area contributed by atoms with Gasteiger partial charge in [-0.3, -0.25) is 0 Å². The first-order valence-corrected chi connectivity index (χ1v) is 10.2. The summed E-state index contributed by atoms with van der Waals surface area (Å²) in [6.45, 7) is 1.72. The number of thioether (sulfide) groups is 2. The second-order valence-electron chi connectivity index (χ2n) is 5.41. The quantitative estimate of drug-likeness (QED) is 0.527. The first-order chi connectivity index (χ1) is 10.7. The van der Waals surface area contributed by atoms with Crippen molar-refractivity contribution in [2.24, 2.45) is 5.73 Å². The van der Waals surface area contributed by atoms with Crippen LogP contribution in [0, 0.1) is 0 Å². The van der Waals surface area contributed by atoms with Gasteiger partial charge in [0.05, 0.1) is 12.7 Å². The van der Waals surface area contributed by atoms with Crippen molar-refractivity contribution in [3.63, 3.8) is 0 Å². The Balaban J connectivity index is 1.75. The first-order valence-electron chi connectivity index (χ1n) is 7.84. The zero-order valence-corrected chi connectivity index (χ0v) is 14.4. The number of hydrogen-bond donors (Lipinski definition) is 3. The highest BCUT2D eigenvalue weighted by Crippen LogP contribution is 2.28. The van der Waals surface area contributed by atoms with Crippen LogP contribution in [0.25, 0.3) is 0 Å². The van der Waals surface area contributed by atoms with Gasteiger partial charge in [-0.25, -0.2) is 0 Å². The fraction of sp³-hybridized carbons (Fsp3) is 1.00. The Morgan fingerprint density at radius 2 is 1.77 bits per heavy atom. The predicted molar refractivity (Wildman–Crippen MR) is 89.3 cm³/mol. The van der Waals surface area contributed by atoms with Crippen LogP contribution in [0.15, 0.2) is 0 Å². The van der Waals surface area contributed by atoms with Crippen LogP contribution in [0.1, 0.15) is 12.8 Å². The summed E-state index contributed by atoms with van der Waals surface area (Å²) in [4.78, 5) is 0. The summed E-state index contributed by atoms with van der Waals surface area (Å²) in [5, 5.41) is 20.2. The monoisotopic (exact) mass is 353 g/mol. The fourth-order valence-electron chi connectivity index (χ4n) is 2.51. The molecule has 3 rings (SSSR count). The molecule has 0 radical (unpaired) electrons. The minimum atomic E-state index is -1.04. The van der Waals surface area contributed by atoms with E-state index in [1.165, 1.54) is 0 Å². The Bertz CT molecular complexity index is 311. The molecule has 22 heavy (non-hydrogen) atoms. The van der Waals surface area contributed by atoms with Gasteiger partial charge in [-0.15, -0.1) is 0 Å². The van der Waals surface area contributed by atoms with Crippen LogP contribution in [0.4, 0.5) is 0 Å². The fourth-order valence-corrected chi connectivity index (χ4v) is 4.43. The molecular formula is C14H27NO5S2. The molecule has 0 aromatic rings. The molecule has 0 aromatic carbocycles. The minimum Gasteiger partial charge on any atom is -0.387 e. The Morgan fingerprint density at radius 3 is 2.59 bits per heavy atom. The van der Waals surface area contributed by atoms with Gasteiger partial charge in [-0.1, -0.05) is 0 Å². The topological polar surface area (TPSA) is 94.2 Å². The second kappa shape index (κ2) is 10.4. The van der Waals surface area contributed by atoms with Gasteiger partial charge in [-0.05, 0) is 24.3 Å². The van der Waals surface area contributed by atoms with Gasteiger partial charge in [0.1, 0.15) is 18.3 Å². The maximum absolute atomic E-state index is 10.2. The van der Waals surface area contributed by atoms with Crippen LogP contribution < -0.4 is 5.73 Å². The van der Waals surface area contributed by atoms with E-state index < -0.39 is 24.6 Å². The van der Waals surface area contributed by atoms with Crippen molar-refractivity contribution in [2.45, 2.75) is 43.5 Å². The van der Waals surface area contributed by atoms with Crippen LogP contribution >= 0.6 is 23.5 Å². The lowest BCUT2D eigenvalue weighted by atomic mass is 10.00. The summed E-state index contributed by atoms with van der Waals surface area (Å²) in [6.07, 6.45) is -1.61. The van der Waals surface area contributed by atoms with E-state index in [9.17, 15) is 10.2 Å². The molecule has 0 aliphatic carbocycles. The number of nitrogens with two attached hydrogens (primary N) is 1. The highest BCUT2D eigenvalue weighted by atomic mass is 32.2. The van der Waals surface area contributed by atoms with E-state index in [-0.39, 0.29) is 6.10 Å². The molecule has 3 aliphatic heterocycles. The highest BCUT2D eigenvalue weighted by molar-refractivity contribution is 8.00. The van der Waals surface area contributed by atoms with Crippen molar-refractivity contribution in [1.82, 2.24) is 0 Å². The Labute approximate surface area is 140 Å². The summed E-state index contributed by atoms with van der Waals surface area (Å²) in [7, 11) is 0. The van der Waals surface area contributed by atoms with E-state index in [0.29, 0.717) is 13.2 Å². The summed E-state index contributed by atoms with van der Waals surface area (Å²) < 4.78 is 17.0. The zero-order chi connectivity index (χ0) is 15.8. The number of aliphatic hydroxyl groups excluding tert-OH is 2. The lowest BCUT2D eigenvalue weighted by molar-refractivity contribution is -0.289. The SMILES string of the molecule is NCCSCCCSCC1OC2OCCCOC1C(O)C2O. The molecule has 3 fully saturated rings. The summed E-state index contributed by atoms with van der Waals surface area (Å²) in [6, 6.07) is 0. The van der Waals surface area contributed by atoms with Crippen molar-refractivity contribution in [2.75, 3.05) is 42.8 Å². The molecule has 0 saturated carbocycles. The Morgan fingerprint density at radius 1 is 1.00 bits per heavy atom. The average Bonchev–Trinajstić information content (AvgIpc) is 2.66. The van der Waals surface area contributed by atoms with Crippen LogP contribution in [-0.2, 0) is 14.2 Å². The Hall–Kier alpha value is 0.460. The molecule has 0 aromatic heterocycles. The number of fused-ring (bicyclic) bond motifs is 6. The van der Waals surface area contributed by atoms with Gasteiger partial charge in [0.2, 0.25) is 0 Å². The average molecular weight is 354 g/mol. The third-order valence-electron chi connectivity index (χ3n) is 3.64.